The van der Waals surface area contributed by atoms with E-state index in [4.69, 9.17) is 28.9 Å². The Hall–Kier alpha value is -1.19. The quantitative estimate of drug-likeness (QED) is 0.679. The SMILES string of the molecule is C=CCN(C(=O)c1cc(N)c(Cl)c(Cl)c1)C(C)C. The Kier molecular flexibility index (Phi) is 5.05. The van der Waals surface area contributed by atoms with Crippen LogP contribution in [0.1, 0.15) is 24.2 Å². The molecule has 0 spiro atoms. The standard InChI is InChI=1S/C13H16Cl2N2O/c1-4-5-17(8(2)3)13(18)9-6-10(14)12(15)11(16)7-9/h4,6-8H,1,5,16H2,2-3H3. The highest BCUT2D eigenvalue weighted by Gasteiger charge is 2.19. The Labute approximate surface area is 117 Å². The number of carbonyl (C=O) groups is 1. The molecule has 0 saturated carbocycles. The first-order chi connectivity index (χ1) is 8.38. The van der Waals surface area contributed by atoms with E-state index in [0.717, 1.165) is 0 Å². The first kappa shape index (κ1) is 14.9. The highest BCUT2D eigenvalue weighted by atomic mass is 35.5. The molecular formula is C13H16Cl2N2O. The molecule has 0 aliphatic rings. The van der Waals surface area contributed by atoms with Gasteiger partial charge in [-0.05, 0) is 26.0 Å². The van der Waals surface area contributed by atoms with Gasteiger partial charge in [-0.25, -0.2) is 0 Å². The van der Waals surface area contributed by atoms with E-state index < -0.39 is 0 Å². The molecule has 0 unspecified atom stereocenters. The minimum Gasteiger partial charge on any atom is -0.397 e. The summed E-state index contributed by atoms with van der Waals surface area (Å²) in [5.41, 5.74) is 6.43. The van der Waals surface area contributed by atoms with Crippen molar-refractivity contribution in [3.05, 3.63) is 40.4 Å². The lowest BCUT2D eigenvalue weighted by molar-refractivity contribution is 0.0729. The third kappa shape index (κ3) is 3.18. The number of benzene rings is 1. The second-order valence-corrected chi connectivity index (χ2v) is 4.99. The number of nitrogens with zero attached hydrogens (tertiary/aromatic N) is 1. The van der Waals surface area contributed by atoms with Crippen molar-refractivity contribution in [1.82, 2.24) is 4.90 Å². The lowest BCUT2D eigenvalue weighted by atomic mass is 10.1. The molecule has 0 radical (unpaired) electrons. The summed E-state index contributed by atoms with van der Waals surface area (Å²) in [6, 6.07) is 3.13. The molecule has 0 saturated heterocycles. The zero-order valence-electron chi connectivity index (χ0n) is 10.4. The normalized spacial score (nSPS) is 10.5. The Bertz CT molecular complexity index is 449. The van der Waals surface area contributed by atoms with Crippen LogP contribution in [-0.2, 0) is 0 Å². The van der Waals surface area contributed by atoms with Crippen LogP contribution in [0.25, 0.3) is 0 Å². The van der Waals surface area contributed by atoms with Crippen LogP contribution in [0.15, 0.2) is 24.8 Å². The Morgan fingerprint density at radius 2 is 2.11 bits per heavy atom. The minimum atomic E-state index is -0.143. The molecule has 0 aromatic heterocycles. The summed E-state index contributed by atoms with van der Waals surface area (Å²) < 4.78 is 0. The van der Waals surface area contributed by atoms with Crippen LogP contribution in [0.5, 0.6) is 0 Å². The number of rotatable bonds is 4. The predicted octanol–water partition coefficient (Wildman–Crippen LogP) is 3.61. The number of halogens is 2. The molecule has 1 aromatic carbocycles. The minimum absolute atomic E-state index is 0.0613. The number of hydrogen-bond acceptors (Lipinski definition) is 2. The van der Waals surface area contributed by atoms with Gasteiger partial charge in [-0.3, -0.25) is 4.79 Å². The maximum Gasteiger partial charge on any atom is 0.254 e. The van der Waals surface area contributed by atoms with Crippen LogP contribution in [0.4, 0.5) is 5.69 Å². The molecule has 5 heteroatoms. The maximum atomic E-state index is 12.3. The molecule has 3 nitrogen and oxygen atoms in total. The van der Waals surface area contributed by atoms with Crippen molar-refractivity contribution < 1.29 is 4.79 Å². The van der Waals surface area contributed by atoms with Gasteiger partial charge in [0, 0.05) is 18.2 Å². The first-order valence-electron chi connectivity index (χ1n) is 5.54. The molecule has 1 amide bonds. The topological polar surface area (TPSA) is 46.3 Å². The van der Waals surface area contributed by atoms with Gasteiger partial charge in [0.2, 0.25) is 0 Å². The largest absolute Gasteiger partial charge is 0.397 e. The van der Waals surface area contributed by atoms with Gasteiger partial charge < -0.3 is 10.6 Å². The third-order valence-corrected chi connectivity index (χ3v) is 3.33. The van der Waals surface area contributed by atoms with Crippen LogP contribution in [0.3, 0.4) is 0 Å². The van der Waals surface area contributed by atoms with Gasteiger partial charge >= 0.3 is 0 Å². The first-order valence-corrected chi connectivity index (χ1v) is 6.30. The highest BCUT2D eigenvalue weighted by molar-refractivity contribution is 6.43. The fourth-order valence-electron chi connectivity index (χ4n) is 1.57. The van der Waals surface area contributed by atoms with Crippen LogP contribution >= 0.6 is 23.2 Å². The number of hydrogen-bond donors (Lipinski definition) is 1. The molecule has 18 heavy (non-hydrogen) atoms. The van der Waals surface area contributed by atoms with Gasteiger partial charge in [-0.2, -0.15) is 0 Å². The fraction of sp³-hybridized carbons (Fsp3) is 0.308. The zero-order chi connectivity index (χ0) is 13.9. The second-order valence-electron chi connectivity index (χ2n) is 4.20. The van der Waals surface area contributed by atoms with E-state index in [2.05, 4.69) is 6.58 Å². The van der Waals surface area contributed by atoms with E-state index in [0.29, 0.717) is 17.8 Å². The highest BCUT2D eigenvalue weighted by Crippen LogP contribution is 2.30. The van der Waals surface area contributed by atoms with Crippen LogP contribution in [-0.4, -0.2) is 23.4 Å². The summed E-state index contributed by atoms with van der Waals surface area (Å²) in [4.78, 5) is 14.0. The summed E-state index contributed by atoms with van der Waals surface area (Å²) in [5.74, 6) is -0.143. The molecule has 2 N–H and O–H groups in total. The summed E-state index contributed by atoms with van der Waals surface area (Å²) in [6.07, 6.45) is 1.68. The number of amides is 1. The summed E-state index contributed by atoms with van der Waals surface area (Å²) in [6.45, 7) is 7.98. The van der Waals surface area contributed by atoms with Crippen LogP contribution < -0.4 is 5.73 Å². The van der Waals surface area contributed by atoms with Gasteiger partial charge in [-0.1, -0.05) is 29.3 Å². The predicted molar refractivity (Wildman–Crippen MR) is 77.2 cm³/mol. The molecule has 1 rings (SSSR count). The van der Waals surface area contributed by atoms with Gasteiger partial charge in [0.05, 0.1) is 15.7 Å². The fourth-order valence-corrected chi connectivity index (χ4v) is 1.90. The average Bonchev–Trinajstić information content (AvgIpc) is 2.31. The number of anilines is 1. The maximum absolute atomic E-state index is 12.3. The molecule has 0 aliphatic carbocycles. The molecule has 0 aliphatic heterocycles. The lowest BCUT2D eigenvalue weighted by Gasteiger charge is -2.25. The molecule has 0 heterocycles. The van der Waals surface area contributed by atoms with Crippen LogP contribution in [0, 0.1) is 0 Å². The van der Waals surface area contributed by atoms with Gasteiger partial charge in [-0.15, -0.1) is 6.58 Å². The molecule has 0 fully saturated rings. The molecule has 0 bridgehead atoms. The summed E-state index contributed by atoms with van der Waals surface area (Å²) in [5, 5.41) is 0.551. The smallest absolute Gasteiger partial charge is 0.254 e. The van der Waals surface area contributed by atoms with Crippen molar-refractivity contribution in [2.45, 2.75) is 19.9 Å². The summed E-state index contributed by atoms with van der Waals surface area (Å²) >= 11 is 11.8. The van der Waals surface area contributed by atoms with E-state index in [1.165, 1.54) is 12.1 Å². The molecule has 1 aromatic rings. The third-order valence-electron chi connectivity index (χ3n) is 2.51. The monoisotopic (exact) mass is 286 g/mol. The number of nitrogens with two attached hydrogens (primary N) is 1. The molecule has 0 atom stereocenters. The van der Waals surface area contributed by atoms with Crippen molar-refractivity contribution in [1.29, 1.82) is 0 Å². The summed E-state index contributed by atoms with van der Waals surface area (Å²) in [7, 11) is 0. The lowest BCUT2D eigenvalue weighted by Crippen LogP contribution is -2.37. The van der Waals surface area contributed by atoms with E-state index in [9.17, 15) is 4.79 Å². The van der Waals surface area contributed by atoms with Gasteiger partial charge in [0.15, 0.2) is 0 Å². The number of nitrogen functional groups attached to an aromatic ring is 1. The molecular weight excluding hydrogens is 271 g/mol. The average molecular weight is 287 g/mol. The zero-order valence-corrected chi connectivity index (χ0v) is 11.9. The van der Waals surface area contributed by atoms with Crippen molar-refractivity contribution in [2.75, 3.05) is 12.3 Å². The van der Waals surface area contributed by atoms with Crippen molar-refractivity contribution in [2.24, 2.45) is 0 Å². The van der Waals surface area contributed by atoms with E-state index in [1.807, 2.05) is 13.8 Å². The van der Waals surface area contributed by atoms with Gasteiger partial charge in [0.25, 0.3) is 5.91 Å². The van der Waals surface area contributed by atoms with E-state index >= 15 is 0 Å². The van der Waals surface area contributed by atoms with E-state index in [1.54, 1.807) is 11.0 Å². The van der Waals surface area contributed by atoms with Crippen molar-refractivity contribution >= 4 is 34.8 Å². The Morgan fingerprint density at radius 3 is 2.56 bits per heavy atom. The Balaban J connectivity index is 3.13. The Morgan fingerprint density at radius 1 is 1.50 bits per heavy atom. The van der Waals surface area contributed by atoms with Gasteiger partial charge in [0.1, 0.15) is 0 Å². The van der Waals surface area contributed by atoms with Crippen molar-refractivity contribution in [3.63, 3.8) is 0 Å². The van der Waals surface area contributed by atoms with Crippen LogP contribution in [0.2, 0.25) is 10.0 Å². The van der Waals surface area contributed by atoms with E-state index in [-0.39, 0.29) is 22.0 Å². The molecule has 98 valence electrons. The van der Waals surface area contributed by atoms with Crippen molar-refractivity contribution in [3.8, 4) is 0 Å². The second kappa shape index (κ2) is 6.12. The number of carbonyl (C=O) groups excluding carboxylic acids is 1.